The van der Waals surface area contributed by atoms with Crippen molar-refractivity contribution < 1.29 is 9.90 Å². The lowest BCUT2D eigenvalue weighted by atomic mass is 10.0. The van der Waals surface area contributed by atoms with Crippen LogP contribution in [0.5, 0.6) is 0 Å². The number of hydrogen-bond donors (Lipinski definition) is 1. The largest absolute Gasteiger partial charge is 0.481 e. The van der Waals surface area contributed by atoms with Gasteiger partial charge in [0.25, 0.3) is 0 Å². The van der Waals surface area contributed by atoms with Crippen molar-refractivity contribution in [3.05, 3.63) is 0 Å². The molecule has 12 heavy (non-hydrogen) atoms. The van der Waals surface area contributed by atoms with Gasteiger partial charge in [-0.2, -0.15) is 0 Å². The molecule has 0 aromatic heterocycles. The second kappa shape index (κ2) is 3.05. The van der Waals surface area contributed by atoms with Crippen LogP contribution in [-0.2, 0) is 4.79 Å². The van der Waals surface area contributed by atoms with Gasteiger partial charge in [-0.05, 0) is 38.9 Å². The fourth-order valence-electron chi connectivity index (χ4n) is 1.55. The van der Waals surface area contributed by atoms with E-state index in [-0.39, 0.29) is 11.3 Å². The van der Waals surface area contributed by atoms with Gasteiger partial charge in [-0.1, -0.05) is 6.92 Å². The topological polar surface area (TPSA) is 40.5 Å². The number of aliphatic carboxylic acids is 1. The van der Waals surface area contributed by atoms with Crippen molar-refractivity contribution >= 4 is 5.97 Å². The standard InChI is InChI=1S/C9H17NO2/c1-9(4-5-10(2)3)6-7(9)8(11)12/h7H,4-6H2,1-3H3,(H,11,12). The summed E-state index contributed by atoms with van der Waals surface area (Å²) in [5, 5.41) is 8.74. The van der Waals surface area contributed by atoms with Gasteiger partial charge in [0.05, 0.1) is 5.92 Å². The molecule has 0 saturated heterocycles. The highest BCUT2D eigenvalue weighted by Gasteiger charge is 2.54. The Kier molecular flexibility index (Phi) is 2.42. The van der Waals surface area contributed by atoms with Crippen LogP contribution in [-0.4, -0.2) is 36.6 Å². The highest BCUT2D eigenvalue weighted by molar-refractivity contribution is 5.74. The van der Waals surface area contributed by atoms with Crippen molar-refractivity contribution in [2.45, 2.75) is 19.8 Å². The van der Waals surface area contributed by atoms with Crippen molar-refractivity contribution in [3.63, 3.8) is 0 Å². The van der Waals surface area contributed by atoms with E-state index in [2.05, 4.69) is 11.8 Å². The lowest BCUT2D eigenvalue weighted by Gasteiger charge is -2.13. The maximum atomic E-state index is 10.6. The Hall–Kier alpha value is -0.570. The Bertz CT molecular complexity index is 191. The Balaban J connectivity index is 2.30. The number of rotatable bonds is 4. The molecule has 0 aromatic carbocycles. The summed E-state index contributed by atoms with van der Waals surface area (Å²) >= 11 is 0. The minimum absolute atomic E-state index is 0.0795. The number of carboxylic acid groups (broad SMARTS) is 1. The average molecular weight is 171 g/mol. The summed E-state index contributed by atoms with van der Waals surface area (Å²) in [6.45, 7) is 3.05. The van der Waals surface area contributed by atoms with E-state index >= 15 is 0 Å². The molecule has 0 aromatic rings. The van der Waals surface area contributed by atoms with Crippen LogP contribution >= 0.6 is 0 Å². The quantitative estimate of drug-likeness (QED) is 0.687. The summed E-state index contributed by atoms with van der Waals surface area (Å²) in [5.41, 5.74) is 0.0795. The van der Waals surface area contributed by atoms with Crippen LogP contribution in [0.2, 0.25) is 0 Å². The average Bonchev–Trinajstić information content (AvgIpc) is 2.60. The van der Waals surface area contributed by atoms with Crippen molar-refractivity contribution in [2.75, 3.05) is 20.6 Å². The van der Waals surface area contributed by atoms with Gasteiger partial charge >= 0.3 is 5.97 Å². The zero-order valence-electron chi connectivity index (χ0n) is 8.00. The van der Waals surface area contributed by atoms with E-state index in [1.165, 1.54) is 0 Å². The van der Waals surface area contributed by atoms with Crippen molar-refractivity contribution in [3.8, 4) is 0 Å². The van der Waals surface area contributed by atoms with Crippen LogP contribution in [0.1, 0.15) is 19.8 Å². The normalized spacial score (nSPS) is 33.8. The number of nitrogens with zero attached hydrogens (tertiary/aromatic N) is 1. The van der Waals surface area contributed by atoms with Gasteiger partial charge in [0.2, 0.25) is 0 Å². The zero-order chi connectivity index (χ0) is 9.35. The van der Waals surface area contributed by atoms with Gasteiger partial charge in [-0.25, -0.2) is 0 Å². The van der Waals surface area contributed by atoms with Gasteiger partial charge in [-0.15, -0.1) is 0 Å². The summed E-state index contributed by atoms with van der Waals surface area (Å²) in [7, 11) is 4.03. The fraction of sp³-hybridized carbons (Fsp3) is 0.889. The van der Waals surface area contributed by atoms with E-state index < -0.39 is 5.97 Å². The maximum absolute atomic E-state index is 10.6. The van der Waals surface area contributed by atoms with Gasteiger partial charge in [0.1, 0.15) is 0 Å². The lowest BCUT2D eigenvalue weighted by molar-refractivity contribution is -0.139. The molecule has 1 fully saturated rings. The second-order valence-corrected chi connectivity index (χ2v) is 4.30. The van der Waals surface area contributed by atoms with Crippen molar-refractivity contribution in [2.24, 2.45) is 11.3 Å². The predicted molar refractivity (Wildman–Crippen MR) is 47.0 cm³/mol. The molecular weight excluding hydrogens is 154 g/mol. The first-order valence-electron chi connectivity index (χ1n) is 4.33. The molecule has 1 aliphatic carbocycles. The van der Waals surface area contributed by atoms with Crippen LogP contribution in [0, 0.1) is 11.3 Å². The van der Waals surface area contributed by atoms with E-state index in [9.17, 15) is 4.79 Å². The SMILES string of the molecule is CN(C)CCC1(C)CC1C(=O)O. The van der Waals surface area contributed by atoms with Crippen molar-refractivity contribution in [1.29, 1.82) is 0 Å². The molecule has 0 heterocycles. The van der Waals surface area contributed by atoms with E-state index in [1.54, 1.807) is 0 Å². The van der Waals surface area contributed by atoms with E-state index in [4.69, 9.17) is 5.11 Å². The summed E-state index contributed by atoms with van der Waals surface area (Å²) in [6.07, 6.45) is 1.85. The molecule has 3 heteroatoms. The molecule has 0 bridgehead atoms. The zero-order valence-corrected chi connectivity index (χ0v) is 8.00. The van der Waals surface area contributed by atoms with Gasteiger partial charge in [0.15, 0.2) is 0 Å². The number of hydrogen-bond acceptors (Lipinski definition) is 2. The first kappa shape index (κ1) is 9.52. The molecule has 3 nitrogen and oxygen atoms in total. The first-order chi connectivity index (χ1) is 5.46. The molecule has 0 amide bonds. The van der Waals surface area contributed by atoms with E-state index in [1.807, 2.05) is 14.1 Å². The number of carboxylic acids is 1. The van der Waals surface area contributed by atoms with Gasteiger partial charge < -0.3 is 10.0 Å². The first-order valence-corrected chi connectivity index (χ1v) is 4.33. The minimum Gasteiger partial charge on any atom is -0.481 e. The highest BCUT2D eigenvalue weighted by atomic mass is 16.4. The van der Waals surface area contributed by atoms with Crippen LogP contribution in [0.4, 0.5) is 0 Å². The van der Waals surface area contributed by atoms with Crippen molar-refractivity contribution in [1.82, 2.24) is 4.90 Å². The molecule has 1 aliphatic rings. The Labute approximate surface area is 73.4 Å². The van der Waals surface area contributed by atoms with Crippen LogP contribution in [0.3, 0.4) is 0 Å². The van der Waals surface area contributed by atoms with Gasteiger partial charge in [-0.3, -0.25) is 4.79 Å². The Morgan fingerprint density at radius 2 is 2.25 bits per heavy atom. The van der Waals surface area contributed by atoms with Gasteiger partial charge in [0, 0.05) is 0 Å². The van der Waals surface area contributed by atoms with E-state index in [0.29, 0.717) is 0 Å². The monoisotopic (exact) mass is 171 g/mol. The third kappa shape index (κ3) is 1.97. The summed E-state index contributed by atoms with van der Waals surface area (Å²) in [5.74, 6) is -0.714. The van der Waals surface area contributed by atoms with Crippen LogP contribution < -0.4 is 0 Å². The molecular formula is C9H17NO2. The second-order valence-electron chi connectivity index (χ2n) is 4.30. The predicted octanol–water partition coefficient (Wildman–Crippen LogP) is 1.05. The Morgan fingerprint density at radius 1 is 1.67 bits per heavy atom. The summed E-state index contributed by atoms with van der Waals surface area (Å²) in [6, 6.07) is 0. The molecule has 70 valence electrons. The third-order valence-corrected chi connectivity index (χ3v) is 2.78. The molecule has 0 spiro atoms. The highest BCUT2D eigenvalue weighted by Crippen LogP contribution is 2.54. The summed E-state index contributed by atoms with van der Waals surface area (Å²) < 4.78 is 0. The Morgan fingerprint density at radius 3 is 2.58 bits per heavy atom. The molecule has 1 saturated carbocycles. The molecule has 1 N–H and O–H groups in total. The minimum atomic E-state index is -0.628. The molecule has 2 unspecified atom stereocenters. The molecule has 0 radical (unpaired) electrons. The lowest BCUT2D eigenvalue weighted by Crippen LogP contribution is -2.18. The molecule has 2 atom stereocenters. The molecule has 1 rings (SSSR count). The maximum Gasteiger partial charge on any atom is 0.307 e. The van der Waals surface area contributed by atoms with Crippen LogP contribution in [0.25, 0.3) is 0 Å². The summed E-state index contributed by atoms with van der Waals surface area (Å²) in [4.78, 5) is 12.7. The molecule has 0 aliphatic heterocycles. The fourth-order valence-corrected chi connectivity index (χ4v) is 1.55. The number of carbonyl (C=O) groups is 1. The third-order valence-electron chi connectivity index (χ3n) is 2.78. The van der Waals surface area contributed by atoms with Crippen LogP contribution in [0.15, 0.2) is 0 Å². The smallest absolute Gasteiger partial charge is 0.307 e. The van der Waals surface area contributed by atoms with E-state index in [0.717, 1.165) is 19.4 Å².